The fourth-order valence-electron chi connectivity index (χ4n) is 2.22. The molecule has 3 nitrogen and oxygen atoms in total. The van der Waals surface area contributed by atoms with Crippen LogP contribution in [0.2, 0.25) is 0 Å². The number of phenolic OH excluding ortho intramolecular Hbond substituents is 1. The number of hydrogen-bond acceptors (Lipinski definition) is 3. The maximum atomic E-state index is 10.3. The molecule has 0 bridgehead atoms. The summed E-state index contributed by atoms with van der Waals surface area (Å²) in [7, 11) is 1.59. The molecule has 1 atom stereocenters. The Labute approximate surface area is 125 Å². The highest BCUT2D eigenvalue weighted by Crippen LogP contribution is 2.32. The Morgan fingerprint density at radius 3 is 2.52 bits per heavy atom. The van der Waals surface area contributed by atoms with Crippen LogP contribution in [0.1, 0.15) is 24.1 Å². The van der Waals surface area contributed by atoms with Crippen molar-refractivity contribution in [2.45, 2.75) is 13.0 Å². The van der Waals surface area contributed by atoms with Crippen LogP contribution in [-0.2, 0) is 0 Å². The molecule has 0 aliphatic rings. The number of hydrogen-bond donors (Lipinski definition) is 2. The van der Waals surface area contributed by atoms with Gasteiger partial charge in [0.05, 0.1) is 13.2 Å². The van der Waals surface area contributed by atoms with E-state index in [1.807, 2.05) is 49.4 Å². The predicted molar refractivity (Wildman–Crippen MR) is 85.8 cm³/mol. The minimum atomic E-state index is -0.0891. The van der Waals surface area contributed by atoms with Crippen LogP contribution in [0.3, 0.4) is 0 Å². The van der Waals surface area contributed by atoms with E-state index in [9.17, 15) is 5.11 Å². The summed E-state index contributed by atoms with van der Waals surface area (Å²) in [5, 5.41) is 13.7. The third kappa shape index (κ3) is 3.86. The van der Waals surface area contributed by atoms with Crippen LogP contribution in [0.25, 0.3) is 0 Å². The molecule has 3 heteroatoms. The van der Waals surface area contributed by atoms with Crippen molar-refractivity contribution >= 4 is 0 Å². The largest absolute Gasteiger partial charge is 0.507 e. The van der Waals surface area contributed by atoms with Crippen molar-refractivity contribution in [2.24, 2.45) is 0 Å². The summed E-state index contributed by atoms with van der Waals surface area (Å²) in [6.07, 6.45) is 0. The van der Waals surface area contributed by atoms with Gasteiger partial charge in [-0.2, -0.15) is 0 Å². The molecule has 2 N–H and O–H groups in total. The van der Waals surface area contributed by atoms with Crippen molar-refractivity contribution in [1.82, 2.24) is 5.32 Å². The standard InChI is InChI=1S/C18H21NO2/c1-13(2)12-19-18(14-7-5-4-6-8-14)16-10-9-15(21-3)11-17(16)20/h4-11,18-20H,1,12H2,2-3H3. The molecular formula is C18H21NO2. The van der Waals surface area contributed by atoms with Gasteiger partial charge in [-0.15, -0.1) is 0 Å². The molecule has 0 fully saturated rings. The highest BCUT2D eigenvalue weighted by atomic mass is 16.5. The Morgan fingerprint density at radius 1 is 1.24 bits per heavy atom. The van der Waals surface area contributed by atoms with Crippen molar-refractivity contribution in [3.63, 3.8) is 0 Å². The Morgan fingerprint density at radius 2 is 1.95 bits per heavy atom. The Balaban J connectivity index is 2.37. The van der Waals surface area contributed by atoms with E-state index in [-0.39, 0.29) is 11.8 Å². The Kier molecular flexibility index (Phi) is 5.01. The van der Waals surface area contributed by atoms with Crippen LogP contribution in [-0.4, -0.2) is 18.8 Å². The fraction of sp³-hybridized carbons (Fsp3) is 0.222. The number of benzene rings is 2. The van der Waals surface area contributed by atoms with Gasteiger partial charge in [-0.1, -0.05) is 42.5 Å². The SMILES string of the molecule is C=C(C)CNC(c1ccccc1)c1ccc(OC)cc1O. The minimum Gasteiger partial charge on any atom is -0.507 e. The van der Waals surface area contributed by atoms with Crippen LogP contribution < -0.4 is 10.1 Å². The normalized spacial score (nSPS) is 11.9. The molecule has 0 spiro atoms. The zero-order valence-electron chi connectivity index (χ0n) is 12.5. The fourth-order valence-corrected chi connectivity index (χ4v) is 2.22. The molecule has 0 saturated carbocycles. The summed E-state index contributed by atoms with van der Waals surface area (Å²) < 4.78 is 5.14. The lowest BCUT2D eigenvalue weighted by atomic mass is 9.97. The van der Waals surface area contributed by atoms with Crippen LogP contribution in [0.4, 0.5) is 0 Å². The van der Waals surface area contributed by atoms with E-state index in [4.69, 9.17) is 4.74 Å². The summed E-state index contributed by atoms with van der Waals surface area (Å²) in [5.41, 5.74) is 2.96. The first-order valence-corrected chi connectivity index (χ1v) is 6.91. The molecule has 2 aromatic carbocycles. The second kappa shape index (κ2) is 6.95. The lowest BCUT2D eigenvalue weighted by molar-refractivity contribution is 0.405. The molecule has 2 rings (SSSR count). The molecule has 0 heterocycles. The molecule has 1 unspecified atom stereocenters. The summed E-state index contributed by atoms with van der Waals surface area (Å²) in [4.78, 5) is 0. The van der Waals surface area contributed by atoms with E-state index in [2.05, 4.69) is 11.9 Å². The average Bonchev–Trinajstić information content (AvgIpc) is 2.49. The second-order valence-electron chi connectivity index (χ2n) is 5.11. The van der Waals surface area contributed by atoms with Crippen molar-refractivity contribution in [2.75, 3.05) is 13.7 Å². The first kappa shape index (κ1) is 15.1. The van der Waals surface area contributed by atoms with Gasteiger partial charge in [0.15, 0.2) is 0 Å². The monoisotopic (exact) mass is 283 g/mol. The number of methoxy groups -OCH3 is 1. The summed E-state index contributed by atoms with van der Waals surface area (Å²) >= 11 is 0. The van der Waals surface area contributed by atoms with Gasteiger partial charge in [0.1, 0.15) is 11.5 Å². The smallest absolute Gasteiger partial charge is 0.124 e. The second-order valence-corrected chi connectivity index (χ2v) is 5.11. The van der Waals surface area contributed by atoms with Gasteiger partial charge in [-0.05, 0) is 24.6 Å². The molecule has 2 aromatic rings. The van der Waals surface area contributed by atoms with Crippen LogP contribution in [0, 0.1) is 0 Å². The van der Waals surface area contributed by atoms with Crippen LogP contribution in [0.5, 0.6) is 11.5 Å². The van der Waals surface area contributed by atoms with Crippen molar-refractivity contribution in [3.8, 4) is 11.5 Å². The first-order chi connectivity index (χ1) is 10.1. The summed E-state index contributed by atoms with van der Waals surface area (Å²) in [5.74, 6) is 0.861. The predicted octanol–water partition coefficient (Wildman–Crippen LogP) is 3.66. The highest BCUT2D eigenvalue weighted by Gasteiger charge is 2.17. The van der Waals surface area contributed by atoms with E-state index in [0.29, 0.717) is 12.3 Å². The molecule has 110 valence electrons. The zero-order chi connectivity index (χ0) is 15.2. The highest BCUT2D eigenvalue weighted by molar-refractivity contribution is 5.45. The van der Waals surface area contributed by atoms with Gasteiger partial charge >= 0.3 is 0 Å². The summed E-state index contributed by atoms with van der Waals surface area (Å²) in [6.45, 7) is 6.58. The molecular weight excluding hydrogens is 262 g/mol. The van der Waals surface area contributed by atoms with Gasteiger partial charge in [0.2, 0.25) is 0 Å². The van der Waals surface area contributed by atoms with Gasteiger partial charge in [0, 0.05) is 18.2 Å². The number of phenols is 1. The molecule has 0 aromatic heterocycles. The topological polar surface area (TPSA) is 41.5 Å². The van der Waals surface area contributed by atoms with Crippen LogP contribution >= 0.6 is 0 Å². The average molecular weight is 283 g/mol. The lowest BCUT2D eigenvalue weighted by Gasteiger charge is -2.21. The van der Waals surface area contributed by atoms with E-state index >= 15 is 0 Å². The van der Waals surface area contributed by atoms with Gasteiger partial charge in [0.25, 0.3) is 0 Å². The van der Waals surface area contributed by atoms with E-state index in [0.717, 1.165) is 16.7 Å². The molecule has 21 heavy (non-hydrogen) atoms. The zero-order valence-corrected chi connectivity index (χ0v) is 12.5. The van der Waals surface area contributed by atoms with Gasteiger partial charge in [-0.25, -0.2) is 0 Å². The van der Waals surface area contributed by atoms with E-state index in [1.165, 1.54) is 0 Å². The third-order valence-corrected chi connectivity index (χ3v) is 3.29. The maximum Gasteiger partial charge on any atom is 0.124 e. The number of ether oxygens (including phenoxy) is 1. The van der Waals surface area contributed by atoms with E-state index in [1.54, 1.807) is 13.2 Å². The quantitative estimate of drug-likeness (QED) is 0.795. The van der Waals surface area contributed by atoms with Crippen molar-refractivity contribution in [3.05, 3.63) is 71.8 Å². The molecule has 0 saturated heterocycles. The Bertz CT molecular complexity index is 608. The number of rotatable bonds is 6. The molecule has 0 amide bonds. The number of nitrogens with one attached hydrogen (secondary N) is 1. The molecule has 0 aliphatic carbocycles. The van der Waals surface area contributed by atoms with Crippen molar-refractivity contribution in [1.29, 1.82) is 0 Å². The molecule has 0 radical (unpaired) electrons. The van der Waals surface area contributed by atoms with Gasteiger partial charge in [-0.3, -0.25) is 0 Å². The Hall–Kier alpha value is -2.26. The number of aromatic hydroxyl groups is 1. The van der Waals surface area contributed by atoms with Gasteiger partial charge < -0.3 is 15.2 Å². The van der Waals surface area contributed by atoms with Crippen molar-refractivity contribution < 1.29 is 9.84 Å². The summed E-state index contributed by atoms with van der Waals surface area (Å²) in [6, 6.07) is 15.3. The maximum absolute atomic E-state index is 10.3. The van der Waals surface area contributed by atoms with Crippen LogP contribution in [0.15, 0.2) is 60.7 Å². The first-order valence-electron chi connectivity index (χ1n) is 6.91. The molecule has 0 aliphatic heterocycles. The third-order valence-electron chi connectivity index (χ3n) is 3.29. The minimum absolute atomic E-state index is 0.0891. The lowest BCUT2D eigenvalue weighted by Crippen LogP contribution is -2.24. The van der Waals surface area contributed by atoms with E-state index < -0.39 is 0 Å².